The lowest BCUT2D eigenvalue weighted by atomic mass is 9.78. The lowest BCUT2D eigenvalue weighted by Gasteiger charge is -2.35. The molecule has 1 rings (SSSR count). The van der Waals surface area contributed by atoms with Gasteiger partial charge in [-0.3, -0.25) is 10.2 Å². The second-order valence-corrected chi connectivity index (χ2v) is 5.47. The lowest BCUT2D eigenvalue weighted by molar-refractivity contribution is -0.137. The normalized spacial score (nSPS) is 17.7. The second-order valence-electron chi connectivity index (χ2n) is 5.47. The summed E-state index contributed by atoms with van der Waals surface area (Å²) in [4.78, 5) is 12.5. The smallest absolute Gasteiger partial charge is 0.241 e. The predicted octanol–water partition coefficient (Wildman–Crippen LogP) is 2.05. The molecule has 1 fully saturated rings. The van der Waals surface area contributed by atoms with Crippen LogP contribution >= 0.6 is 0 Å². The van der Waals surface area contributed by atoms with Crippen molar-refractivity contribution in [3.05, 3.63) is 0 Å². The first-order valence-electron chi connectivity index (χ1n) is 7.44. The number of nitrogens with two attached hydrogens (primary N) is 1. The molecule has 0 spiro atoms. The van der Waals surface area contributed by atoms with Gasteiger partial charge in [0.05, 0.1) is 5.41 Å². The van der Waals surface area contributed by atoms with Crippen molar-refractivity contribution in [1.29, 1.82) is 0 Å². The van der Waals surface area contributed by atoms with Gasteiger partial charge in [-0.1, -0.05) is 33.1 Å². The van der Waals surface area contributed by atoms with E-state index in [4.69, 9.17) is 5.73 Å². The van der Waals surface area contributed by atoms with Crippen LogP contribution in [-0.2, 0) is 4.79 Å². The molecule has 106 valence electrons. The molecule has 0 unspecified atom stereocenters. The fourth-order valence-electron chi connectivity index (χ4n) is 2.87. The number of amides is 1. The van der Waals surface area contributed by atoms with Crippen LogP contribution in [0.5, 0.6) is 0 Å². The van der Waals surface area contributed by atoms with E-state index in [0.717, 1.165) is 38.8 Å². The maximum atomic E-state index is 12.5. The molecule has 0 aromatic carbocycles. The van der Waals surface area contributed by atoms with E-state index in [1.54, 1.807) is 0 Å². The Hall–Kier alpha value is -0.610. The van der Waals surface area contributed by atoms with E-state index in [-0.39, 0.29) is 11.3 Å². The number of carbonyl (C=O) groups is 1. The zero-order valence-electron chi connectivity index (χ0n) is 12.0. The van der Waals surface area contributed by atoms with Crippen LogP contribution in [0.4, 0.5) is 0 Å². The van der Waals surface area contributed by atoms with Crippen LogP contribution in [0.15, 0.2) is 0 Å². The molecule has 0 aliphatic carbocycles. The van der Waals surface area contributed by atoms with Crippen LogP contribution in [0, 0.1) is 5.41 Å². The van der Waals surface area contributed by atoms with Crippen LogP contribution in [0.1, 0.15) is 58.8 Å². The van der Waals surface area contributed by atoms with Gasteiger partial charge in [-0.25, -0.2) is 5.01 Å². The van der Waals surface area contributed by atoms with Crippen molar-refractivity contribution in [2.24, 2.45) is 11.1 Å². The summed E-state index contributed by atoms with van der Waals surface area (Å²) in [6.45, 7) is 6.64. The first-order valence-corrected chi connectivity index (χ1v) is 7.44. The summed E-state index contributed by atoms with van der Waals surface area (Å²) < 4.78 is 0. The molecule has 3 N–H and O–H groups in total. The van der Waals surface area contributed by atoms with Crippen molar-refractivity contribution in [2.75, 3.05) is 19.6 Å². The second kappa shape index (κ2) is 7.74. The van der Waals surface area contributed by atoms with Crippen molar-refractivity contribution in [3.63, 3.8) is 0 Å². The van der Waals surface area contributed by atoms with Gasteiger partial charge in [-0.15, -0.1) is 0 Å². The molecule has 1 aliphatic heterocycles. The average Bonchev–Trinajstić information content (AvgIpc) is 2.39. The average molecular weight is 255 g/mol. The van der Waals surface area contributed by atoms with E-state index in [0.29, 0.717) is 6.54 Å². The van der Waals surface area contributed by atoms with Gasteiger partial charge >= 0.3 is 0 Å². The van der Waals surface area contributed by atoms with Gasteiger partial charge in [0.15, 0.2) is 0 Å². The summed E-state index contributed by atoms with van der Waals surface area (Å²) in [6, 6.07) is 0. The highest BCUT2D eigenvalue weighted by molar-refractivity contribution is 5.82. The zero-order valence-corrected chi connectivity index (χ0v) is 12.0. The molecule has 0 saturated carbocycles. The first kappa shape index (κ1) is 15.4. The SMILES string of the molecule is CCCC(CN)(CCC)C(=O)NN1CCCCC1. The van der Waals surface area contributed by atoms with Crippen LogP contribution in [0.2, 0.25) is 0 Å². The van der Waals surface area contributed by atoms with Gasteiger partial charge in [-0.05, 0) is 25.7 Å². The summed E-state index contributed by atoms with van der Waals surface area (Å²) >= 11 is 0. The Morgan fingerprint density at radius 1 is 1.17 bits per heavy atom. The summed E-state index contributed by atoms with van der Waals surface area (Å²) in [5.74, 6) is 0.135. The number of nitrogens with one attached hydrogen (secondary N) is 1. The van der Waals surface area contributed by atoms with E-state index < -0.39 is 0 Å². The molecule has 1 amide bonds. The molecular weight excluding hydrogens is 226 g/mol. The van der Waals surface area contributed by atoms with Crippen molar-refractivity contribution in [2.45, 2.75) is 58.8 Å². The number of rotatable bonds is 7. The van der Waals surface area contributed by atoms with Crippen LogP contribution in [-0.4, -0.2) is 30.6 Å². The minimum absolute atomic E-state index is 0.135. The molecule has 4 heteroatoms. The lowest BCUT2D eigenvalue weighted by Crippen LogP contribution is -2.53. The molecule has 18 heavy (non-hydrogen) atoms. The third-order valence-corrected chi connectivity index (χ3v) is 3.95. The Balaban J connectivity index is 2.62. The van der Waals surface area contributed by atoms with Crippen LogP contribution in [0.25, 0.3) is 0 Å². The Morgan fingerprint density at radius 2 is 1.72 bits per heavy atom. The summed E-state index contributed by atoms with van der Waals surface area (Å²) in [7, 11) is 0. The van der Waals surface area contributed by atoms with Gasteiger partial charge in [-0.2, -0.15) is 0 Å². The molecule has 1 aliphatic rings. The first-order chi connectivity index (χ1) is 8.68. The molecule has 0 radical (unpaired) electrons. The third kappa shape index (κ3) is 3.95. The van der Waals surface area contributed by atoms with Crippen molar-refractivity contribution in [1.82, 2.24) is 10.4 Å². The zero-order chi connectivity index (χ0) is 13.4. The molecule has 0 aromatic heterocycles. The molecule has 0 atom stereocenters. The standard InChI is InChI=1S/C14H29N3O/c1-3-8-14(12-15,9-4-2)13(18)16-17-10-6-5-7-11-17/h3-12,15H2,1-2H3,(H,16,18). The van der Waals surface area contributed by atoms with E-state index in [1.165, 1.54) is 19.3 Å². The number of nitrogens with zero attached hydrogens (tertiary/aromatic N) is 1. The third-order valence-electron chi connectivity index (χ3n) is 3.95. The van der Waals surface area contributed by atoms with E-state index in [2.05, 4.69) is 24.3 Å². The van der Waals surface area contributed by atoms with Crippen LogP contribution in [0.3, 0.4) is 0 Å². The molecule has 0 aromatic rings. The minimum Gasteiger partial charge on any atom is -0.329 e. The Bertz CT molecular complexity index is 243. The van der Waals surface area contributed by atoms with Crippen molar-refractivity contribution in [3.8, 4) is 0 Å². The molecule has 4 nitrogen and oxygen atoms in total. The quantitative estimate of drug-likeness (QED) is 0.732. The summed E-state index contributed by atoms with van der Waals surface area (Å²) in [5, 5.41) is 2.07. The number of hydrazine groups is 1. The van der Waals surface area contributed by atoms with Crippen LogP contribution < -0.4 is 11.2 Å². The van der Waals surface area contributed by atoms with Gasteiger partial charge in [0.2, 0.25) is 5.91 Å². The summed E-state index contributed by atoms with van der Waals surface area (Å²) in [5.41, 5.74) is 8.64. The molecule has 0 bridgehead atoms. The molecule has 1 saturated heterocycles. The van der Waals surface area contributed by atoms with Crippen molar-refractivity contribution < 1.29 is 4.79 Å². The fourth-order valence-corrected chi connectivity index (χ4v) is 2.87. The number of hydrogen-bond acceptors (Lipinski definition) is 3. The monoisotopic (exact) mass is 255 g/mol. The maximum absolute atomic E-state index is 12.5. The largest absolute Gasteiger partial charge is 0.329 e. The highest BCUT2D eigenvalue weighted by Crippen LogP contribution is 2.29. The topological polar surface area (TPSA) is 58.4 Å². The molecular formula is C14H29N3O. The maximum Gasteiger partial charge on any atom is 0.241 e. The van der Waals surface area contributed by atoms with Gasteiger partial charge in [0.25, 0.3) is 0 Å². The number of hydrogen-bond donors (Lipinski definition) is 2. The number of carbonyl (C=O) groups excluding carboxylic acids is 1. The predicted molar refractivity (Wildman–Crippen MR) is 74.9 cm³/mol. The van der Waals surface area contributed by atoms with Crippen molar-refractivity contribution >= 4 is 5.91 Å². The van der Waals surface area contributed by atoms with E-state index in [9.17, 15) is 4.79 Å². The Kier molecular flexibility index (Phi) is 6.65. The number of piperidine rings is 1. The minimum atomic E-state index is -0.360. The Morgan fingerprint density at radius 3 is 2.17 bits per heavy atom. The summed E-state index contributed by atoms with van der Waals surface area (Å²) in [6.07, 6.45) is 7.41. The van der Waals surface area contributed by atoms with Gasteiger partial charge < -0.3 is 5.73 Å². The fraction of sp³-hybridized carbons (Fsp3) is 0.929. The molecule has 1 heterocycles. The van der Waals surface area contributed by atoms with Gasteiger partial charge in [0.1, 0.15) is 0 Å². The highest BCUT2D eigenvalue weighted by Gasteiger charge is 2.36. The van der Waals surface area contributed by atoms with E-state index in [1.807, 2.05) is 0 Å². The highest BCUT2D eigenvalue weighted by atomic mass is 16.2. The Labute approximate surface area is 111 Å². The van der Waals surface area contributed by atoms with E-state index >= 15 is 0 Å². The van der Waals surface area contributed by atoms with Gasteiger partial charge in [0, 0.05) is 19.6 Å².